The monoisotopic (exact) mass is 360 g/mol. The van der Waals surface area contributed by atoms with E-state index in [0.29, 0.717) is 13.1 Å². The number of anilines is 1. The van der Waals surface area contributed by atoms with Crippen LogP contribution in [0.25, 0.3) is 0 Å². The van der Waals surface area contributed by atoms with Crippen molar-refractivity contribution >= 4 is 28.9 Å². The summed E-state index contributed by atoms with van der Waals surface area (Å²) in [5, 5.41) is 14.5. The summed E-state index contributed by atoms with van der Waals surface area (Å²) in [4.78, 5) is 28.8. The van der Waals surface area contributed by atoms with Gasteiger partial charge in [0, 0.05) is 43.7 Å². The molecular formula is C17H17ClN4O3. The Hall–Kier alpha value is -2.67. The number of nitro groups is 1. The van der Waals surface area contributed by atoms with E-state index < -0.39 is 4.92 Å². The van der Waals surface area contributed by atoms with Crippen molar-refractivity contribution in [3.05, 3.63) is 63.4 Å². The predicted octanol–water partition coefficient (Wildman–Crippen LogP) is 3.36. The molecular weight excluding hydrogens is 344 g/mol. The summed E-state index contributed by atoms with van der Waals surface area (Å²) in [5.41, 5.74) is 0.990. The lowest BCUT2D eigenvalue weighted by atomic mass is 10.0. The standard InChI is InChI=1S/C17H17ClN4O3/c18-16-4-3-14(22(24)25)10-15(16)17(23)21-8-5-12(6-9-21)20-13-2-1-7-19-11-13/h1-4,7,10-12,20H,5-6,8-9H2. The van der Waals surface area contributed by atoms with Crippen molar-refractivity contribution in [1.82, 2.24) is 9.88 Å². The Morgan fingerprint density at radius 2 is 2.08 bits per heavy atom. The fraction of sp³-hybridized carbons (Fsp3) is 0.294. The molecule has 0 spiro atoms. The molecule has 0 aliphatic carbocycles. The summed E-state index contributed by atoms with van der Waals surface area (Å²) in [6, 6.07) is 8.00. The van der Waals surface area contributed by atoms with Crippen molar-refractivity contribution in [3.63, 3.8) is 0 Å². The molecule has 1 saturated heterocycles. The molecule has 7 nitrogen and oxygen atoms in total. The second-order valence-corrected chi connectivity index (χ2v) is 6.28. The van der Waals surface area contributed by atoms with Gasteiger partial charge in [-0.25, -0.2) is 0 Å². The van der Waals surface area contributed by atoms with Crippen LogP contribution in [-0.2, 0) is 0 Å². The quantitative estimate of drug-likeness (QED) is 0.667. The zero-order chi connectivity index (χ0) is 17.8. The van der Waals surface area contributed by atoms with Crippen molar-refractivity contribution in [1.29, 1.82) is 0 Å². The second-order valence-electron chi connectivity index (χ2n) is 5.87. The van der Waals surface area contributed by atoms with E-state index in [4.69, 9.17) is 11.6 Å². The Balaban J connectivity index is 1.64. The van der Waals surface area contributed by atoms with Gasteiger partial charge in [0.2, 0.25) is 0 Å². The summed E-state index contributed by atoms with van der Waals surface area (Å²) >= 11 is 6.06. The molecule has 1 N–H and O–H groups in total. The van der Waals surface area contributed by atoms with Crippen LogP contribution in [0.4, 0.5) is 11.4 Å². The average molecular weight is 361 g/mol. The lowest BCUT2D eigenvalue weighted by Gasteiger charge is -2.33. The molecule has 2 heterocycles. The molecule has 1 aromatic carbocycles. The van der Waals surface area contributed by atoms with Crippen molar-refractivity contribution in [2.45, 2.75) is 18.9 Å². The molecule has 1 aliphatic rings. The van der Waals surface area contributed by atoms with Gasteiger partial charge in [-0.05, 0) is 31.0 Å². The van der Waals surface area contributed by atoms with Crippen molar-refractivity contribution in [3.8, 4) is 0 Å². The molecule has 2 aromatic rings. The van der Waals surface area contributed by atoms with Crippen LogP contribution in [-0.4, -0.2) is 39.8 Å². The number of non-ortho nitro benzene ring substituents is 1. The van der Waals surface area contributed by atoms with Gasteiger partial charge in [0.25, 0.3) is 11.6 Å². The highest BCUT2D eigenvalue weighted by atomic mass is 35.5. The number of piperidine rings is 1. The molecule has 8 heteroatoms. The Morgan fingerprint density at radius 3 is 2.72 bits per heavy atom. The minimum Gasteiger partial charge on any atom is -0.381 e. The highest BCUT2D eigenvalue weighted by Gasteiger charge is 2.26. The van der Waals surface area contributed by atoms with Crippen LogP contribution in [0.1, 0.15) is 23.2 Å². The Labute approximate surface area is 149 Å². The summed E-state index contributed by atoms with van der Waals surface area (Å²) in [7, 11) is 0. The van der Waals surface area contributed by atoms with Gasteiger partial charge in [0.1, 0.15) is 0 Å². The van der Waals surface area contributed by atoms with Gasteiger partial charge >= 0.3 is 0 Å². The molecule has 1 aromatic heterocycles. The van der Waals surface area contributed by atoms with Gasteiger partial charge in [-0.15, -0.1) is 0 Å². The molecule has 0 radical (unpaired) electrons. The molecule has 0 saturated carbocycles. The molecule has 0 unspecified atom stereocenters. The van der Waals surface area contributed by atoms with Gasteiger partial charge in [-0.2, -0.15) is 0 Å². The van der Waals surface area contributed by atoms with E-state index in [1.165, 1.54) is 18.2 Å². The van der Waals surface area contributed by atoms with E-state index in [2.05, 4.69) is 10.3 Å². The lowest BCUT2D eigenvalue weighted by molar-refractivity contribution is -0.384. The fourth-order valence-electron chi connectivity index (χ4n) is 2.87. The second kappa shape index (κ2) is 7.48. The third kappa shape index (κ3) is 4.06. The van der Waals surface area contributed by atoms with Crippen LogP contribution >= 0.6 is 11.6 Å². The number of rotatable bonds is 4. The van der Waals surface area contributed by atoms with Crippen LogP contribution in [0, 0.1) is 10.1 Å². The minimum atomic E-state index is -0.531. The molecule has 0 atom stereocenters. The summed E-state index contributed by atoms with van der Waals surface area (Å²) in [6.07, 6.45) is 5.05. The number of carbonyl (C=O) groups is 1. The van der Waals surface area contributed by atoms with Crippen molar-refractivity contribution in [2.24, 2.45) is 0 Å². The summed E-state index contributed by atoms with van der Waals surface area (Å²) in [5.74, 6) is -0.270. The SMILES string of the molecule is O=C(c1cc([N+](=O)[O-])ccc1Cl)N1CCC(Nc2cccnc2)CC1. The van der Waals surface area contributed by atoms with Crippen LogP contribution in [0.5, 0.6) is 0 Å². The number of nitrogens with zero attached hydrogens (tertiary/aromatic N) is 3. The highest BCUT2D eigenvalue weighted by Crippen LogP contribution is 2.25. The first kappa shape index (κ1) is 17.2. The van der Waals surface area contributed by atoms with Crippen LogP contribution < -0.4 is 5.32 Å². The van der Waals surface area contributed by atoms with E-state index in [1.54, 1.807) is 17.3 Å². The third-order valence-electron chi connectivity index (χ3n) is 4.21. The Bertz CT molecular complexity index is 777. The Morgan fingerprint density at radius 1 is 1.32 bits per heavy atom. The summed E-state index contributed by atoms with van der Waals surface area (Å²) < 4.78 is 0. The van der Waals surface area contributed by atoms with Gasteiger partial charge < -0.3 is 10.2 Å². The van der Waals surface area contributed by atoms with Crippen LogP contribution in [0.2, 0.25) is 5.02 Å². The van der Waals surface area contributed by atoms with Gasteiger partial charge in [-0.3, -0.25) is 19.9 Å². The largest absolute Gasteiger partial charge is 0.381 e. The molecule has 0 bridgehead atoms. The zero-order valence-electron chi connectivity index (χ0n) is 13.4. The fourth-order valence-corrected chi connectivity index (χ4v) is 3.07. The Kier molecular flexibility index (Phi) is 5.14. The number of hydrogen-bond donors (Lipinski definition) is 1. The maximum Gasteiger partial charge on any atom is 0.270 e. The minimum absolute atomic E-state index is 0.138. The van der Waals surface area contributed by atoms with E-state index in [-0.39, 0.29) is 28.2 Å². The highest BCUT2D eigenvalue weighted by molar-refractivity contribution is 6.33. The first-order valence-corrected chi connectivity index (χ1v) is 8.32. The van der Waals surface area contributed by atoms with Gasteiger partial charge in [0.15, 0.2) is 0 Å². The maximum absolute atomic E-state index is 12.6. The number of carbonyl (C=O) groups excluding carboxylic acids is 1. The number of halogens is 1. The molecule has 25 heavy (non-hydrogen) atoms. The lowest BCUT2D eigenvalue weighted by Crippen LogP contribution is -2.42. The van der Waals surface area contributed by atoms with E-state index in [9.17, 15) is 14.9 Å². The number of benzene rings is 1. The number of pyridine rings is 1. The first-order chi connectivity index (χ1) is 12.0. The number of amides is 1. The first-order valence-electron chi connectivity index (χ1n) is 7.94. The summed E-state index contributed by atoms with van der Waals surface area (Å²) in [6.45, 7) is 1.13. The van der Waals surface area contributed by atoms with Gasteiger partial charge in [0.05, 0.1) is 21.2 Å². The topological polar surface area (TPSA) is 88.4 Å². The third-order valence-corrected chi connectivity index (χ3v) is 4.54. The number of aromatic nitrogens is 1. The van der Waals surface area contributed by atoms with Crippen LogP contribution in [0.15, 0.2) is 42.7 Å². The number of nitrogens with one attached hydrogen (secondary N) is 1. The van der Waals surface area contributed by atoms with E-state index >= 15 is 0 Å². The predicted molar refractivity (Wildman–Crippen MR) is 94.9 cm³/mol. The zero-order valence-corrected chi connectivity index (χ0v) is 14.1. The maximum atomic E-state index is 12.6. The average Bonchev–Trinajstić information content (AvgIpc) is 2.63. The van der Waals surface area contributed by atoms with Crippen LogP contribution in [0.3, 0.4) is 0 Å². The van der Waals surface area contributed by atoms with E-state index in [0.717, 1.165) is 18.5 Å². The van der Waals surface area contributed by atoms with E-state index in [1.807, 2.05) is 12.1 Å². The van der Waals surface area contributed by atoms with Crippen molar-refractivity contribution in [2.75, 3.05) is 18.4 Å². The number of hydrogen-bond acceptors (Lipinski definition) is 5. The molecule has 130 valence electrons. The molecule has 1 aliphatic heterocycles. The number of likely N-dealkylation sites (tertiary alicyclic amines) is 1. The van der Waals surface area contributed by atoms with Gasteiger partial charge in [-0.1, -0.05) is 11.6 Å². The molecule has 1 amide bonds. The normalized spacial score (nSPS) is 15.0. The van der Waals surface area contributed by atoms with Crippen molar-refractivity contribution < 1.29 is 9.72 Å². The molecule has 1 fully saturated rings. The molecule has 3 rings (SSSR count). The number of nitro benzene ring substituents is 1. The smallest absolute Gasteiger partial charge is 0.270 e.